The summed E-state index contributed by atoms with van der Waals surface area (Å²) in [7, 11) is 1.87. The highest BCUT2D eigenvalue weighted by Gasteiger charge is 2.43. The molecule has 0 spiro atoms. The number of rotatable bonds is 4. The Kier molecular flexibility index (Phi) is 5.22. The minimum atomic E-state index is -0.485. The molecule has 126 valence electrons. The van der Waals surface area contributed by atoms with Crippen LogP contribution in [0.5, 0.6) is 0 Å². The molecule has 0 unspecified atom stereocenters. The Morgan fingerprint density at radius 2 is 1.71 bits per heavy atom. The van der Waals surface area contributed by atoms with Crippen molar-refractivity contribution in [2.45, 2.75) is 24.8 Å². The maximum atomic E-state index is 13.3. The number of halogens is 1. The Bertz CT molecular complexity index is 679. The first-order chi connectivity index (χ1) is 11.6. The molecule has 0 aliphatic carbocycles. The van der Waals surface area contributed by atoms with E-state index in [0.717, 1.165) is 24.0 Å². The van der Waals surface area contributed by atoms with Crippen LogP contribution in [0.25, 0.3) is 0 Å². The van der Waals surface area contributed by atoms with Crippen LogP contribution in [0.4, 0.5) is 0 Å². The predicted molar refractivity (Wildman–Crippen MR) is 96.1 cm³/mol. The molecule has 1 heterocycles. The van der Waals surface area contributed by atoms with Gasteiger partial charge in [0.15, 0.2) is 0 Å². The summed E-state index contributed by atoms with van der Waals surface area (Å²) in [5.41, 5.74) is 1.67. The molecule has 1 saturated heterocycles. The lowest BCUT2D eigenvalue weighted by atomic mass is 9.73. The van der Waals surface area contributed by atoms with E-state index in [1.807, 2.05) is 54.4 Å². The van der Waals surface area contributed by atoms with Gasteiger partial charge in [0.2, 0.25) is 5.91 Å². The van der Waals surface area contributed by atoms with Gasteiger partial charge in [0.05, 0.1) is 5.41 Å². The normalized spacial score (nSPS) is 16.6. The SMILES string of the molecule is CN(Cc1ccc(Cl)cc1)C(=O)C1(c2ccccc2)CCOCC1. The third-order valence-electron chi connectivity index (χ3n) is 4.76. The van der Waals surface area contributed by atoms with E-state index in [1.165, 1.54) is 0 Å². The van der Waals surface area contributed by atoms with Gasteiger partial charge < -0.3 is 9.64 Å². The molecule has 1 aliphatic heterocycles. The fraction of sp³-hybridized carbons (Fsp3) is 0.350. The Morgan fingerprint density at radius 1 is 1.08 bits per heavy atom. The molecule has 1 fully saturated rings. The van der Waals surface area contributed by atoms with Crippen LogP contribution in [0, 0.1) is 0 Å². The van der Waals surface area contributed by atoms with Gasteiger partial charge in [-0.1, -0.05) is 54.1 Å². The van der Waals surface area contributed by atoms with Crippen molar-refractivity contribution in [3.63, 3.8) is 0 Å². The van der Waals surface area contributed by atoms with Crippen molar-refractivity contribution >= 4 is 17.5 Å². The topological polar surface area (TPSA) is 29.5 Å². The van der Waals surface area contributed by atoms with Gasteiger partial charge in [-0.15, -0.1) is 0 Å². The van der Waals surface area contributed by atoms with Gasteiger partial charge in [-0.25, -0.2) is 0 Å². The highest BCUT2D eigenvalue weighted by molar-refractivity contribution is 6.30. The number of carbonyl (C=O) groups is 1. The Labute approximate surface area is 148 Å². The lowest BCUT2D eigenvalue weighted by molar-refractivity contribution is -0.140. The minimum absolute atomic E-state index is 0.159. The first kappa shape index (κ1) is 17.0. The fourth-order valence-electron chi connectivity index (χ4n) is 3.40. The van der Waals surface area contributed by atoms with Crippen LogP contribution >= 0.6 is 11.6 Å². The van der Waals surface area contributed by atoms with E-state index in [4.69, 9.17) is 16.3 Å². The highest BCUT2D eigenvalue weighted by Crippen LogP contribution is 2.36. The summed E-state index contributed by atoms with van der Waals surface area (Å²) in [6.07, 6.45) is 1.45. The maximum absolute atomic E-state index is 13.3. The minimum Gasteiger partial charge on any atom is -0.381 e. The third-order valence-corrected chi connectivity index (χ3v) is 5.01. The van der Waals surface area contributed by atoms with Gasteiger partial charge in [-0.05, 0) is 36.1 Å². The van der Waals surface area contributed by atoms with Crippen molar-refractivity contribution in [3.05, 3.63) is 70.7 Å². The number of nitrogens with zero attached hydrogens (tertiary/aromatic N) is 1. The lowest BCUT2D eigenvalue weighted by Gasteiger charge is -2.39. The molecule has 0 radical (unpaired) electrons. The van der Waals surface area contributed by atoms with Gasteiger partial charge in [0.1, 0.15) is 0 Å². The van der Waals surface area contributed by atoms with Crippen molar-refractivity contribution in [1.82, 2.24) is 4.90 Å². The summed E-state index contributed by atoms with van der Waals surface area (Å²) in [6.45, 7) is 1.82. The Morgan fingerprint density at radius 3 is 2.33 bits per heavy atom. The molecular formula is C20H22ClNO2. The number of hydrogen-bond acceptors (Lipinski definition) is 2. The zero-order chi connectivity index (χ0) is 17.0. The van der Waals surface area contributed by atoms with Crippen LogP contribution < -0.4 is 0 Å². The molecule has 0 atom stereocenters. The van der Waals surface area contributed by atoms with Crippen molar-refractivity contribution < 1.29 is 9.53 Å². The quantitative estimate of drug-likeness (QED) is 0.838. The summed E-state index contributed by atoms with van der Waals surface area (Å²) >= 11 is 5.94. The van der Waals surface area contributed by atoms with E-state index in [9.17, 15) is 4.79 Å². The average molecular weight is 344 g/mol. The van der Waals surface area contributed by atoms with Gasteiger partial charge in [0.25, 0.3) is 0 Å². The average Bonchev–Trinajstić information content (AvgIpc) is 2.64. The second kappa shape index (κ2) is 7.37. The fourth-order valence-corrected chi connectivity index (χ4v) is 3.53. The summed E-state index contributed by atoms with van der Waals surface area (Å²) in [5.74, 6) is 0.159. The second-order valence-corrected chi connectivity index (χ2v) is 6.78. The number of ether oxygens (including phenoxy) is 1. The molecule has 0 N–H and O–H groups in total. The number of likely N-dealkylation sites (N-methyl/N-ethyl adjacent to an activating group) is 1. The van der Waals surface area contributed by atoms with Gasteiger partial charge >= 0.3 is 0 Å². The van der Waals surface area contributed by atoms with E-state index in [2.05, 4.69) is 12.1 Å². The van der Waals surface area contributed by atoms with Gasteiger partial charge in [0, 0.05) is 31.8 Å². The van der Waals surface area contributed by atoms with E-state index >= 15 is 0 Å². The molecule has 1 aliphatic rings. The number of amides is 1. The largest absolute Gasteiger partial charge is 0.381 e. The van der Waals surface area contributed by atoms with Crippen molar-refractivity contribution in [3.8, 4) is 0 Å². The summed E-state index contributed by atoms with van der Waals surface area (Å²) < 4.78 is 5.52. The molecule has 4 heteroatoms. The standard InChI is InChI=1S/C20H22ClNO2/c1-22(15-16-7-9-18(21)10-8-16)19(23)20(11-13-24-14-12-20)17-5-3-2-4-6-17/h2-10H,11-15H2,1H3. The van der Waals surface area contributed by atoms with Gasteiger partial charge in [-0.2, -0.15) is 0 Å². The zero-order valence-electron chi connectivity index (χ0n) is 13.9. The van der Waals surface area contributed by atoms with Gasteiger partial charge in [-0.3, -0.25) is 4.79 Å². The molecule has 0 bridgehead atoms. The Balaban J connectivity index is 1.84. The smallest absolute Gasteiger partial charge is 0.233 e. The molecule has 24 heavy (non-hydrogen) atoms. The van der Waals surface area contributed by atoms with Crippen LogP contribution in [0.1, 0.15) is 24.0 Å². The number of hydrogen-bond donors (Lipinski definition) is 0. The summed E-state index contributed by atoms with van der Waals surface area (Å²) in [6, 6.07) is 17.7. The number of carbonyl (C=O) groups excluding carboxylic acids is 1. The Hall–Kier alpha value is -1.84. The van der Waals surface area contributed by atoms with E-state index in [0.29, 0.717) is 24.8 Å². The number of benzene rings is 2. The highest BCUT2D eigenvalue weighted by atomic mass is 35.5. The maximum Gasteiger partial charge on any atom is 0.233 e. The van der Waals surface area contributed by atoms with E-state index < -0.39 is 5.41 Å². The molecule has 2 aromatic carbocycles. The molecule has 2 aromatic rings. The lowest BCUT2D eigenvalue weighted by Crippen LogP contribution is -2.48. The molecule has 3 nitrogen and oxygen atoms in total. The van der Waals surface area contributed by atoms with Crippen LogP contribution in [0.15, 0.2) is 54.6 Å². The monoisotopic (exact) mass is 343 g/mol. The van der Waals surface area contributed by atoms with Crippen LogP contribution in [0.3, 0.4) is 0 Å². The predicted octanol–water partition coefficient (Wildman–Crippen LogP) is 4.05. The third kappa shape index (κ3) is 3.47. The molecule has 0 saturated carbocycles. The van der Waals surface area contributed by atoms with Crippen molar-refractivity contribution in [2.24, 2.45) is 0 Å². The first-order valence-corrected chi connectivity index (χ1v) is 8.63. The summed E-state index contributed by atoms with van der Waals surface area (Å²) in [5, 5.41) is 0.706. The zero-order valence-corrected chi connectivity index (χ0v) is 14.6. The van der Waals surface area contributed by atoms with Crippen LogP contribution in [-0.4, -0.2) is 31.1 Å². The molecule has 0 aromatic heterocycles. The van der Waals surface area contributed by atoms with E-state index in [-0.39, 0.29) is 5.91 Å². The van der Waals surface area contributed by atoms with Crippen LogP contribution in [-0.2, 0) is 21.5 Å². The summed E-state index contributed by atoms with van der Waals surface area (Å²) in [4.78, 5) is 15.2. The second-order valence-electron chi connectivity index (χ2n) is 6.35. The van der Waals surface area contributed by atoms with E-state index in [1.54, 1.807) is 0 Å². The first-order valence-electron chi connectivity index (χ1n) is 8.25. The van der Waals surface area contributed by atoms with Crippen molar-refractivity contribution in [2.75, 3.05) is 20.3 Å². The molecule has 1 amide bonds. The molecule has 3 rings (SSSR count). The van der Waals surface area contributed by atoms with Crippen molar-refractivity contribution in [1.29, 1.82) is 0 Å². The molecular weight excluding hydrogens is 322 g/mol. The van der Waals surface area contributed by atoms with Crippen LogP contribution in [0.2, 0.25) is 5.02 Å².